The third kappa shape index (κ3) is 4.29. The zero-order valence-electron chi connectivity index (χ0n) is 17.4. The molecule has 2 heterocycles. The molecule has 1 aliphatic rings. The van der Waals surface area contributed by atoms with Crippen molar-refractivity contribution in [2.75, 3.05) is 19.6 Å². The molecule has 1 fully saturated rings. The monoisotopic (exact) mass is 440 g/mol. The van der Waals surface area contributed by atoms with Gasteiger partial charge in [-0.15, -0.1) is 0 Å². The largest absolute Gasteiger partial charge is 0.350 e. The van der Waals surface area contributed by atoms with Gasteiger partial charge in [0.1, 0.15) is 0 Å². The Hall–Kier alpha value is -2.90. The second-order valence-corrected chi connectivity index (χ2v) is 8.13. The van der Waals surface area contributed by atoms with E-state index in [1.807, 2.05) is 24.3 Å². The molecule has 1 aliphatic heterocycles. The maximum absolute atomic E-state index is 12.9. The van der Waals surface area contributed by atoms with E-state index in [9.17, 15) is 14.4 Å². The van der Waals surface area contributed by atoms with E-state index in [1.54, 1.807) is 25.1 Å². The fourth-order valence-electron chi connectivity index (χ4n) is 4.26. The number of halogens is 1. The predicted molar refractivity (Wildman–Crippen MR) is 122 cm³/mol. The van der Waals surface area contributed by atoms with Gasteiger partial charge in [-0.05, 0) is 62.7 Å². The van der Waals surface area contributed by atoms with Gasteiger partial charge in [-0.2, -0.15) is 0 Å². The third-order valence-corrected chi connectivity index (χ3v) is 6.20. The second kappa shape index (κ2) is 9.08. The molecule has 162 valence electrons. The van der Waals surface area contributed by atoms with Crippen LogP contribution in [-0.4, -0.2) is 40.0 Å². The lowest BCUT2D eigenvalue weighted by molar-refractivity contribution is 0.0938. The van der Waals surface area contributed by atoms with Crippen molar-refractivity contribution in [3.05, 3.63) is 79.3 Å². The van der Waals surface area contributed by atoms with Crippen LogP contribution in [0.3, 0.4) is 0 Å². The van der Waals surface area contributed by atoms with Gasteiger partial charge in [0.05, 0.1) is 17.1 Å². The van der Waals surface area contributed by atoms with Crippen molar-refractivity contribution in [1.29, 1.82) is 0 Å². The SMILES string of the molecule is CCn1c(=O)c(=O)[nH]c2cc(C(=O)NCC(c3ccccc3Cl)N3CCCC3)ccc21. The lowest BCUT2D eigenvalue weighted by atomic mass is 10.0. The zero-order valence-corrected chi connectivity index (χ0v) is 18.1. The minimum absolute atomic E-state index is 0.00863. The van der Waals surface area contributed by atoms with Gasteiger partial charge in [0.15, 0.2) is 0 Å². The summed E-state index contributed by atoms with van der Waals surface area (Å²) in [5, 5.41) is 3.71. The maximum Gasteiger partial charge on any atom is 0.316 e. The average molecular weight is 441 g/mol. The number of hydrogen-bond acceptors (Lipinski definition) is 4. The van der Waals surface area contributed by atoms with Gasteiger partial charge in [-0.3, -0.25) is 19.3 Å². The van der Waals surface area contributed by atoms with E-state index in [0.717, 1.165) is 31.5 Å². The van der Waals surface area contributed by atoms with Gasteiger partial charge < -0.3 is 14.9 Å². The summed E-state index contributed by atoms with van der Waals surface area (Å²) in [6.07, 6.45) is 2.26. The van der Waals surface area contributed by atoms with E-state index in [1.165, 1.54) is 4.57 Å². The highest BCUT2D eigenvalue weighted by atomic mass is 35.5. The summed E-state index contributed by atoms with van der Waals surface area (Å²) in [6.45, 7) is 4.54. The first kappa shape index (κ1) is 21.3. The Morgan fingerprint density at radius 1 is 1.16 bits per heavy atom. The summed E-state index contributed by atoms with van der Waals surface area (Å²) >= 11 is 6.45. The van der Waals surface area contributed by atoms with E-state index in [2.05, 4.69) is 15.2 Å². The van der Waals surface area contributed by atoms with Crippen molar-refractivity contribution in [3.63, 3.8) is 0 Å². The van der Waals surface area contributed by atoms with Crippen LogP contribution in [0.2, 0.25) is 5.02 Å². The fourth-order valence-corrected chi connectivity index (χ4v) is 4.52. The van der Waals surface area contributed by atoms with Crippen molar-refractivity contribution in [2.45, 2.75) is 32.4 Å². The summed E-state index contributed by atoms with van der Waals surface area (Å²) in [5.74, 6) is -0.242. The van der Waals surface area contributed by atoms with Gasteiger partial charge >= 0.3 is 11.1 Å². The van der Waals surface area contributed by atoms with E-state index in [4.69, 9.17) is 11.6 Å². The molecule has 1 amide bonds. The van der Waals surface area contributed by atoms with E-state index in [0.29, 0.717) is 34.7 Å². The number of carbonyl (C=O) groups is 1. The minimum Gasteiger partial charge on any atom is -0.350 e. The van der Waals surface area contributed by atoms with Gasteiger partial charge in [0.25, 0.3) is 5.91 Å². The fraction of sp³-hybridized carbons (Fsp3) is 0.348. The van der Waals surface area contributed by atoms with Gasteiger partial charge in [0.2, 0.25) is 0 Å². The number of amides is 1. The molecule has 1 atom stereocenters. The van der Waals surface area contributed by atoms with Crippen LogP contribution in [0.25, 0.3) is 11.0 Å². The average Bonchev–Trinajstić information content (AvgIpc) is 3.30. The van der Waals surface area contributed by atoms with Crippen molar-refractivity contribution in [3.8, 4) is 0 Å². The van der Waals surface area contributed by atoms with Crippen LogP contribution in [0.4, 0.5) is 0 Å². The van der Waals surface area contributed by atoms with Crippen molar-refractivity contribution in [2.24, 2.45) is 0 Å². The molecule has 3 aromatic rings. The standard InChI is InChI=1S/C23H25ClN4O3/c1-2-28-19-10-9-15(13-18(19)26-22(30)23(28)31)21(29)25-14-20(27-11-5-6-12-27)16-7-3-4-8-17(16)24/h3-4,7-10,13,20H,2,5-6,11-12,14H2,1H3,(H,25,29)(H,26,30). The normalized spacial score (nSPS) is 15.3. The van der Waals surface area contributed by atoms with E-state index >= 15 is 0 Å². The molecule has 7 nitrogen and oxygen atoms in total. The van der Waals surface area contributed by atoms with Crippen molar-refractivity contribution >= 4 is 28.5 Å². The molecule has 0 radical (unpaired) electrons. The molecule has 31 heavy (non-hydrogen) atoms. The Morgan fingerprint density at radius 2 is 1.90 bits per heavy atom. The number of benzene rings is 2. The Balaban J connectivity index is 1.58. The molecule has 0 saturated carbocycles. The predicted octanol–water partition coefficient (Wildman–Crippen LogP) is 2.93. The number of aromatic amines is 1. The van der Waals surface area contributed by atoms with E-state index < -0.39 is 11.1 Å². The summed E-state index contributed by atoms with van der Waals surface area (Å²) < 4.78 is 1.40. The van der Waals surface area contributed by atoms with Crippen LogP contribution in [0.1, 0.15) is 41.7 Å². The molecule has 1 unspecified atom stereocenters. The molecule has 1 saturated heterocycles. The third-order valence-electron chi connectivity index (χ3n) is 5.85. The van der Waals surface area contributed by atoms with Gasteiger partial charge in [-0.25, -0.2) is 0 Å². The lowest BCUT2D eigenvalue weighted by Gasteiger charge is -2.29. The zero-order chi connectivity index (χ0) is 22.0. The summed E-state index contributed by atoms with van der Waals surface area (Å²) in [6, 6.07) is 12.7. The first-order valence-electron chi connectivity index (χ1n) is 10.5. The number of aryl methyl sites for hydroxylation is 1. The number of hydrogen-bond donors (Lipinski definition) is 2. The minimum atomic E-state index is -0.695. The van der Waals surface area contributed by atoms with Crippen LogP contribution in [0.15, 0.2) is 52.1 Å². The molecular formula is C23H25ClN4O3. The lowest BCUT2D eigenvalue weighted by Crippen LogP contribution is -2.37. The first-order chi connectivity index (χ1) is 15.0. The van der Waals surface area contributed by atoms with Crippen LogP contribution < -0.4 is 16.4 Å². The van der Waals surface area contributed by atoms with Gasteiger partial charge in [0, 0.05) is 23.7 Å². The number of rotatable bonds is 6. The molecule has 4 rings (SSSR count). The quantitative estimate of drug-likeness (QED) is 0.577. The highest BCUT2D eigenvalue weighted by molar-refractivity contribution is 6.31. The molecule has 2 N–H and O–H groups in total. The number of nitrogens with one attached hydrogen (secondary N) is 2. The number of nitrogens with zero attached hydrogens (tertiary/aromatic N) is 2. The summed E-state index contributed by atoms with van der Waals surface area (Å²) in [5.41, 5.74) is 1.18. The highest BCUT2D eigenvalue weighted by Gasteiger charge is 2.25. The summed E-state index contributed by atoms with van der Waals surface area (Å²) in [4.78, 5) is 41.8. The van der Waals surface area contributed by atoms with Crippen LogP contribution in [-0.2, 0) is 6.54 Å². The molecule has 0 bridgehead atoms. The molecule has 0 aliphatic carbocycles. The topological polar surface area (TPSA) is 87.2 Å². The molecule has 2 aromatic carbocycles. The Morgan fingerprint density at radius 3 is 2.61 bits per heavy atom. The number of carbonyl (C=O) groups excluding carboxylic acids is 1. The highest BCUT2D eigenvalue weighted by Crippen LogP contribution is 2.29. The number of fused-ring (bicyclic) bond motifs is 1. The number of H-pyrrole nitrogens is 1. The van der Waals surface area contributed by atoms with Crippen LogP contribution in [0, 0.1) is 0 Å². The summed E-state index contributed by atoms with van der Waals surface area (Å²) in [7, 11) is 0. The molecular weight excluding hydrogens is 416 g/mol. The van der Waals surface area contributed by atoms with E-state index in [-0.39, 0.29) is 11.9 Å². The smallest absolute Gasteiger partial charge is 0.316 e. The van der Waals surface area contributed by atoms with Crippen LogP contribution >= 0.6 is 11.6 Å². The van der Waals surface area contributed by atoms with Crippen molar-refractivity contribution in [1.82, 2.24) is 19.8 Å². The van der Waals surface area contributed by atoms with Crippen molar-refractivity contribution < 1.29 is 4.79 Å². The molecule has 8 heteroatoms. The Labute approximate surface area is 184 Å². The molecule has 1 aromatic heterocycles. The number of likely N-dealkylation sites (tertiary alicyclic amines) is 1. The Bertz CT molecular complexity index is 1230. The number of aromatic nitrogens is 2. The Kier molecular flexibility index (Phi) is 6.25. The molecule has 0 spiro atoms. The van der Waals surface area contributed by atoms with Gasteiger partial charge in [-0.1, -0.05) is 29.8 Å². The second-order valence-electron chi connectivity index (χ2n) is 7.73. The maximum atomic E-state index is 12.9. The first-order valence-corrected chi connectivity index (χ1v) is 10.9. The van der Waals surface area contributed by atoms with Crippen LogP contribution in [0.5, 0.6) is 0 Å².